The van der Waals surface area contributed by atoms with Gasteiger partial charge < -0.3 is 53.1 Å². The maximum atomic E-state index is 14.5. The maximum absolute atomic E-state index is 14.5. The fourth-order valence-corrected chi connectivity index (χ4v) is 7.99. The van der Waals surface area contributed by atoms with Gasteiger partial charge in [0.2, 0.25) is 29.2 Å². The Morgan fingerprint density at radius 1 is 0.797 bits per heavy atom. The second-order valence-electron chi connectivity index (χ2n) is 16.2. The molecule has 17 nitrogen and oxygen atoms in total. The van der Waals surface area contributed by atoms with Gasteiger partial charge in [-0.1, -0.05) is 59.6 Å². The first-order valence-corrected chi connectivity index (χ1v) is 21.7. The number of halogens is 3. The molecule has 0 unspecified atom stereocenters. The Morgan fingerprint density at radius 3 is 1.88 bits per heavy atom. The largest absolute Gasteiger partial charge is 0.496 e. The van der Waals surface area contributed by atoms with Crippen LogP contribution in [0.15, 0.2) is 93.8 Å². The van der Waals surface area contributed by atoms with Gasteiger partial charge in [0.1, 0.15) is 49.0 Å². The summed E-state index contributed by atoms with van der Waals surface area (Å²) in [6.45, 7) is -5.05. The summed E-state index contributed by atoms with van der Waals surface area (Å²) >= 11 is 12.2. The fraction of sp³-hybridized carbons (Fsp3) is 0.306. The molecule has 0 spiro atoms. The Bertz CT molecular complexity index is 3200. The predicted octanol–water partition coefficient (Wildman–Crippen LogP) is 6.96. The van der Waals surface area contributed by atoms with Gasteiger partial charge in [-0.2, -0.15) is 0 Å². The normalized spacial score (nSPS) is 19.7. The minimum absolute atomic E-state index is 0.0102. The Balaban J connectivity index is 0.000000225. The van der Waals surface area contributed by atoms with Crippen molar-refractivity contribution in [1.82, 2.24) is 25.3 Å². The van der Waals surface area contributed by atoms with E-state index in [2.05, 4.69) is 10.6 Å². The molecule has 0 saturated heterocycles. The number of amides is 5. The molecular formula is C49H48Cl2FN5O12. The SMILES string of the molecule is COC(=O)CN1C(=O)c2oc3ccc(Cl)cc3c2OC[C@]1(C)C(=O)N[C@@H](C)c1ccccc1.[2H]C([2H])([2H])N(C(=O)CN1C(=O)c2oc3ccc(Cl)cc3c2OC[C@]1(C)C(=O)NCc1c(F)cccc1OC)C([2H])([2H])[2H]. The van der Waals surface area contributed by atoms with Crippen molar-refractivity contribution < 1.29 is 69.2 Å². The van der Waals surface area contributed by atoms with Crippen molar-refractivity contribution in [3.05, 3.63) is 123 Å². The smallest absolute Gasteiger partial charge is 0.325 e. The van der Waals surface area contributed by atoms with E-state index in [1.807, 2.05) is 37.3 Å². The van der Waals surface area contributed by atoms with E-state index in [9.17, 15) is 33.2 Å². The number of carbonyl (C=O) groups is 6. The lowest BCUT2D eigenvalue weighted by Crippen LogP contribution is -2.62. The van der Waals surface area contributed by atoms with E-state index in [-0.39, 0.29) is 62.1 Å². The van der Waals surface area contributed by atoms with Crippen molar-refractivity contribution in [2.45, 2.75) is 44.4 Å². The number of ether oxygens (including phenoxy) is 4. The molecule has 0 saturated carbocycles. The number of methoxy groups -OCH3 is 2. The monoisotopic (exact) mass is 993 g/mol. The first-order chi connectivity index (χ1) is 35.2. The van der Waals surface area contributed by atoms with Gasteiger partial charge in [0.25, 0.3) is 11.8 Å². The van der Waals surface area contributed by atoms with Crippen LogP contribution in [0, 0.1) is 5.82 Å². The molecule has 2 N–H and O–H groups in total. The molecule has 8 rings (SSSR count). The third kappa shape index (κ3) is 9.85. The van der Waals surface area contributed by atoms with Crippen molar-refractivity contribution in [3.8, 4) is 17.2 Å². The number of nitrogens with one attached hydrogen (secondary N) is 2. The van der Waals surface area contributed by atoms with Crippen LogP contribution in [0.5, 0.6) is 17.2 Å². The minimum atomic E-state index is -3.41. The van der Waals surface area contributed by atoms with Gasteiger partial charge in [0.05, 0.1) is 31.0 Å². The lowest BCUT2D eigenvalue weighted by atomic mass is 9.97. The number of likely N-dealkylation sites (N-methyl/N-ethyl adjacent to an activating group) is 1. The number of nitrogens with zero attached hydrogens (tertiary/aromatic N) is 3. The van der Waals surface area contributed by atoms with Gasteiger partial charge in [-0.05, 0) is 74.9 Å². The molecular weight excluding hydrogens is 940 g/mol. The van der Waals surface area contributed by atoms with Gasteiger partial charge in [-0.25, -0.2) is 4.39 Å². The topological polar surface area (TPSA) is 199 Å². The summed E-state index contributed by atoms with van der Waals surface area (Å²) in [5.74, 6) is -6.33. The van der Waals surface area contributed by atoms with Crippen LogP contribution >= 0.6 is 23.2 Å². The Morgan fingerprint density at radius 2 is 1.35 bits per heavy atom. The first-order valence-electron chi connectivity index (χ1n) is 23.9. The van der Waals surface area contributed by atoms with Crippen molar-refractivity contribution in [3.63, 3.8) is 0 Å². The van der Waals surface area contributed by atoms with Crippen molar-refractivity contribution in [2.24, 2.45) is 0 Å². The van der Waals surface area contributed by atoms with Crippen LogP contribution in [0.2, 0.25) is 10.0 Å². The third-order valence-electron chi connectivity index (χ3n) is 11.7. The van der Waals surface area contributed by atoms with E-state index in [4.69, 9.17) is 59.2 Å². The van der Waals surface area contributed by atoms with Gasteiger partial charge in [-0.3, -0.25) is 28.8 Å². The molecule has 0 aliphatic carbocycles. The highest BCUT2D eigenvalue weighted by molar-refractivity contribution is 6.32. The molecule has 0 radical (unpaired) electrons. The molecule has 2 aliphatic heterocycles. The molecule has 6 aromatic rings. The van der Waals surface area contributed by atoms with Crippen LogP contribution in [0.25, 0.3) is 21.9 Å². The molecule has 0 fully saturated rings. The first kappa shape index (κ1) is 41.8. The third-order valence-corrected chi connectivity index (χ3v) is 12.1. The standard InChI is InChI=1S/C25H25ClFN3O6.C24H23ClN2O6/c1-25(24(33)28-11-16-17(27)6-5-7-18(16)34-4)13-35-21-15-10-14(26)8-9-19(15)36-22(21)23(32)30(25)12-20(31)29(2)3;1-14(15-7-5-4-6-8-15)26-23(30)24(2)13-32-20-17-11-16(25)9-10-18(17)33-21(20)22(29)27(24)12-19(28)31-3/h5-10H,11-13H2,1-4H3,(H,28,33);4-11,14H,12-13H2,1-3H3,(H,26,30)/t25-;14-,24+/m10/s1/i2D3,3D3;. The zero-order valence-electron chi connectivity index (χ0n) is 43.6. The minimum Gasteiger partial charge on any atom is -0.496 e. The second-order valence-corrected chi connectivity index (χ2v) is 17.1. The van der Waals surface area contributed by atoms with E-state index in [1.165, 1.54) is 51.5 Å². The number of hydrogen-bond donors (Lipinski definition) is 2. The molecule has 0 bridgehead atoms. The van der Waals surface area contributed by atoms with Crippen molar-refractivity contribution in [2.75, 3.05) is 54.5 Å². The summed E-state index contributed by atoms with van der Waals surface area (Å²) in [5, 5.41) is 6.93. The number of fused-ring (bicyclic) bond motifs is 6. The average molecular weight is 995 g/mol. The summed E-state index contributed by atoms with van der Waals surface area (Å²) in [7, 11) is 2.52. The van der Waals surface area contributed by atoms with Crippen LogP contribution < -0.4 is 24.8 Å². The van der Waals surface area contributed by atoms with E-state index < -0.39 is 98.4 Å². The second kappa shape index (κ2) is 20.1. The predicted molar refractivity (Wildman–Crippen MR) is 251 cm³/mol. The zero-order chi connectivity index (χ0) is 54.9. The molecule has 2 aliphatic rings. The van der Waals surface area contributed by atoms with Crippen LogP contribution in [-0.4, -0.2) is 116 Å². The highest BCUT2D eigenvalue weighted by Gasteiger charge is 2.50. The molecule has 2 aromatic heterocycles. The van der Waals surface area contributed by atoms with Gasteiger partial charge >= 0.3 is 5.97 Å². The average Bonchev–Trinajstić information content (AvgIpc) is 3.85. The maximum Gasteiger partial charge on any atom is 0.325 e. The molecule has 4 aromatic carbocycles. The zero-order valence-corrected chi connectivity index (χ0v) is 39.1. The fourth-order valence-electron chi connectivity index (χ4n) is 7.64. The Kier molecular flexibility index (Phi) is 12.2. The van der Waals surface area contributed by atoms with E-state index in [1.54, 1.807) is 25.1 Å². The van der Waals surface area contributed by atoms with E-state index in [0.717, 1.165) is 16.5 Å². The number of benzene rings is 4. The van der Waals surface area contributed by atoms with Gasteiger partial charge in [0.15, 0.2) is 22.6 Å². The number of rotatable bonds is 11. The number of carbonyl (C=O) groups excluding carboxylic acids is 6. The van der Waals surface area contributed by atoms with Crippen LogP contribution in [0.1, 0.15) is 67.3 Å². The molecule has 3 atom stereocenters. The molecule has 4 heterocycles. The Labute approximate surface area is 413 Å². The highest BCUT2D eigenvalue weighted by atomic mass is 35.5. The van der Waals surface area contributed by atoms with Crippen LogP contribution in [0.3, 0.4) is 0 Å². The molecule has 20 heteroatoms. The van der Waals surface area contributed by atoms with E-state index in [0.29, 0.717) is 20.9 Å². The van der Waals surface area contributed by atoms with Crippen LogP contribution in [0.4, 0.5) is 4.39 Å². The number of esters is 1. The summed E-state index contributed by atoms with van der Waals surface area (Å²) in [6, 6.07) is 22.4. The molecule has 5 amide bonds. The summed E-state index contributed by atoms with van der Waals surface area (Å²) < 4.78 is 93.3. The molecule has 362 valence electrons. The lowest BCUT2D eigenvalue weighted by Gasteiger charge is -2.37. The summed E-state index contributed by atoms with van der Waals surface area (Å²) in [6.07, 6.45) is 0. The Hall–Kier alpha value is -7.31. The summed E-state index contributed by atoms with van der Waals surface area (Å²) in [4.78, 5) is 81.5. The number of furan rings is 2. The van der Waals surface area contributed by atoms with Gasteiger partial charge in [-0.15, -0.1) is 0 Å². The van der Waals surface area contributed by atoms with Crippen molar-refractivity contribution in [1.29, 1.82) is 0 Å². The lowest BCUT2D eigenvalue weighted by molar-refractivity contribution is -0.145. The van der Waals surface area contributed by atoms with E-state index >= 15 is 0 Å². The quantitative estimate of drug-likeness (QED) is 0.127. The summed E-state index contributed by atoms with van der Waals surface area (Å²) in [5.41, 5.74) is -2.11. The van der Waals surface area contributed by atoms with Crippen molar-refractivity contribution >= 4 is 80.6 Å². The van der Waals surface area contributed by atoms with Crippen LogP contribution in [-0.2, 0) is 30.5 Å². The number of hydrogen-bond acceptors (Lipinski definition) is 12. The highest BCUT2D eigenvalue weighted by Crippen LogP contribution is 2.41. The molecule has 69 heavy (non-hydrogen) atoms. The van der Waals surface area contributed by atoms with Gasteiger partial charge in [0, 0.05) is 44.3 Å².